The van der Waals surface area contributed by atoms with Gasteiger partial charge in [-0.1, -0.05) is 24.3 Å². The van der Waals surface area contributed by atoms with E-state index in [1.54, 1.807) is 15.6 Å². The predicted octanol–water partition coefficient (Wildman–Crippen LogP) is 3.69. The summed E-state index contributed by atoms with van der Waals surface area (Å²) in [5.41, 5.74) is 3.64. The molecular formula is C27H29F2N7O2. The number of rotatable bonds is 7. The van der Waals surface area contributed by atoms with Crippen molar-refractivity contribution in [2.75, 3.05) is 18.5 Å². The molecule has 2 aromatic heterocycles. The second kappa shape index (κ2) is 10.7. The van der Waals surface area contributed by atoms with E-state index < -0.39 is 17.7 Å². The van der Waals surface area contributed by atoms with Crippen LogP contribution in [-0.4, -0.2) is 49.9 Å². The zero-order chi connectivity index (χ0) is 26.8. The standard InChI is InChI=1S/C27H29F2N7O2/c1-16-24(19-13-31-35(2)14-19)34-36(21-6-4-3-5-7-21)26(16)33-27(38)30-12-18-10-20(15-37)32-25(18)17-8-9-22(28)23(29)11-17/h3-9,11,13-14,18,20,25,32,37H,10,12,15H2,1-2H3,(H2,30,33,38)/t18-,20-,25-/m0/s1. The Labute approximate surface area is 218 Å². The number of nitrogens with one attached hydrogen (secondary N) is 3. The summed E-state index contributed by atoms with van der Waals surface area (Å²) < 4.78 is 30.7. The number of benzene rings is 2. The van der Waals surface area contributed by atoms with Gasteiger partial charge in [0.1, 0.15) is 11.5 Å². The number of nitrogens with zero attached hydrogens (tertiary/aromatic N) is 4. The number of carbonyl (C=O) groups excluding carboxylic acids is 1. The molecule has 5 rings (SSSR count). The van der Waals surface area contributed by atoms with Gasteiger partial charge in [-0.25, -0.2) is 18.3 Å². The summed E-state index contributed by atoms with van der Waals surface area (Å²) in [4.78, 5) is 13.1. The molecule has 2 aromatic carbocycles. The monoisotopic (exact) mass is 521 g/mol. The second-order valence-electron chi connectivity index (χ2n) is 9.50. The highest BCUT2D eigenvalue weighted by Gasteiger charge is 2.35. The number of aromatic nitrogens is 4. The van der Waals surface area contributed by atoms with Gasteiger partial charge in [-0.2, -0.15) is 10.2 Å². The quantitative estimate of drug-likeness (QED) is 0.297. The molecule has 4 aromatic rings. The summed E-state index contributed by atoms with van der Waals surface area (Å²) in [6.45, 7) is 2.04. The number of halogens is 2. The molecule has 1 aliphatic heterocycles. The highest BCUT2D eigenvalue weighted by atomic mass is 19.2. The van der Waals surface area contributed by atoms with E-state index in [2.05, 4.69) is 21.0 Å². The lowest BCUT2D eigenvalue weighted by Gasteiger charge is -2.21. The molecule has 0 saturated carbocycles. The SMILES string of the molecule is Cc1c(-c2cnn(C)c2)nn(-c2ccccc2)c1NC(=O)NC[C@@H]1C[C@@H](CO)N[C@H]1c1ccc(F)c(F)c1. The zero-order valence-corrected chi connectivity index (χ0v) is 21.0. The van der Waals surface area contributed by atoms with Gasteiger partial charge in [0.05, 0.1) is 18.5 Å². The van der Waals surface area contributed by atoms with Gasteiger partial charge in [-0.3, -0.25) is 10.00 Å². The van der Waals surface area contributed by atoms with Crippen molar-refractivity contribution < 1.29 is 18.7 Å². The topological polar surface area (TPSA) is 109 Å². The molecule has 0 radical (unpaired) electrons. The summed E-state index contributed by atoms with van der Waals surface area (Å²) >= 11 is 0. The van der Waals surface area contributed by atoms with Crippen LogP contribution in [0.25, 0.3) is 16.9 Å². The van der Waals surface area contributed by atoms with E-state index in [1.807, 2.05) is 50.5 Å². The Morgan fingerprint density at radius 3 is 2.66 bits per heavy atom. The Bertz CT molecular complexity index is 1440. The van der Waals surface area contributed by atoms with Gasteiger partial charge >= 0.3 is 6.03 Å². The number of aliphatic hydroxyl groups excluding tert-OH is 1. The van der Waals surface area contributed by atoms with Gasteiger partial charge in [0, 0.05) is 43.0 Å². The number of carbonyl (C=O) groups is 1. The second-order valence-corrected chi connectivity index (χ2v) is 9.50. The number of urea groups is 1. The fourth-order valence-corrected chi connectivity index (χ4v) is 4.95. The van der Waals surface area contributed by atoms with Crippen LogP contribution in [0.2, 0.25) is 0 Å². The van der Waals surface area contributed by atoms with Gasteiger partial charge in [-0.15, -0.1) is 0 Å². The molecule has 1 saturated heterocycles. The summed E-state index contributed by atoms with van der Waals surface area (Å²) in [7, 11) is 1.83. The molecule has 1 aliphatic rings. The smallest absolute Gasteiger partial charge is 0.320 e. The minimum atomic E-state index is -0.935. The number of amides is 2. The van der Waals surface area contributed by atoms with Crippen LogP contribution in [-0.2, 0) is 7.05 Å². The van der Waals surface area contributed by atoms with Crippen LogP contribution in [0.3, 0.4) is 0 Å². The molecule has 0 bridgehead atoms. The fraction of sp³-hybridized carbons (Fsp3) is 0.296. The van der Waals surface area contributed by atoms with Crippen molar-refractivity contribution in [2.45, 2.75) is 25.4 Å². The van der Waals surface area contributed by atoms with Crippen molar-refractivity contribution in [2.24, 2.45) is 13.0 Å². The molecule has 1 fully saturated rings. The lowest BCUT2D eigenvalue weighted by Crippen LogP contribution is -2.35. The number of aliphatic hydroxyl groups is 1. The molecule has 3 atom stereocenters. The van der Waals surface area contributed by atoms with Gasteiger partial charge in [0.25, 0.3) is 0 Å². The number of hydrogen-bond donors (Lipinski definition) is 4. The van der Waals surface area contributed by atoms with Crippen LogP contribution in [0.4, 0.5) is 19.4 Å². The molecule has 0 spiro atoms. The minimum Gasteiger partial charge on any atom is -0.395 e. The molecule has 3 heterocycles. The lowest BCUT2D eigenvalue weighted by atomic mass is 9.93. The third-order valence-corrected chi connectivity index (χ3v) is 6.86. The first-order valence-electron chi connectivity index (χ1n) is 12.3. The number of hydrogen-bond acceptors (Lipinski definition) is 5. The van der Waals surface area contributed by atoms with Crippen molar-refractivity contribution >= 4 is 11.8 Å². The summed E-state index contributed by atoms with van der Waals surface area (Å²) in [6, 6.07) is 12.2. The fourth-order valence-electron chi connectivity index (χ4n) is 4.95. The van der Waals surface area contributed by atoms with Crippen molar-refractivity contribution in [3.63, 3.8) is 0 Å². The van der Waals surface area contributed by atoms with E-state index >= 15 is 0 Å². The normalized spacial score (nSPS) is 19.0. The molecule has 2 amide bonds. The number of para-hydroxylation sites is 1. The van der Waals surface area contributed by atoms with Gasteiger partial charge in [-0.05, 0) is 49.1 Å². The maximum absolute atomic E-state index is 13.9. The third kappa shape index (κ3) is 5.15. The Hall–Kier alpha value is -4.09. The van der Waals surface area contributed by atoms with E-state index in [-0.39, 0.29) is 31.2 Å². The highest BCUT2D eigenvalue weighted by Crippen LogP contribution is 2.33. The van der Waals surface area contributed by atoms with Crippen molar-refractivity contribution in [1.82, 2.24) is 30.2 Å². The van der Waals surface area contributed by atoms with Crippen LogP contribution < -0.4 is 16.0 Å². The maximum atomic E-state index is 13.9. The molecular weight excluding hydrogens is 492 g/mol. The molecule has 38 heavy (non-hydrogen) atoms. The molecule has 0 unspecified atom stereocenters. The summed E-state index contributed by atoms with van der Waals surface area (Å²) in [6.07, 6.45) is 4.14. The lowest BCUT2D eigenvalue weighted by molar-refractivity contribution is 0.247. The van der Waals surface area contributed by atoms with Gasteiger partial charge < -0.3 is 15.7 Å². The Morgan fingerprint density at radius 1 is 1.18 bits per heavy atom. The molecule has 11 heteroatoms. The molecule has 198 valence electrons. The first-order chi connectivity index (χ1) is 18.3. The number of anilines is 1. The van der Waals surface area contributed by atoms with Crippen LogP contribution in [0.15, 0.2) is 60.9 Å². The maximum Gasteiger partial charge on any atom is 0.320 e. The summed E-state index contributed by atoms with van der Waals surface area (Å²) in [5, 5.41) is 27.8. The molecule has 0 aliphatic carbocycles. The highest BCUT2D eigenvalue weighted by molar-refractivity contribution is 5.90. The Balaban J connectivity index is 1.35. The van der Waals surface area contributed by atoms with E-state index in [0.29, 0.717) is 23.5 Å². The minimum absolute atomic E-state index is 0.102. The largest absolute Gasteiger partial charge is 0.395 e. The van der Waals surface area contributed by atoms with E-state index in [4.69, 9.17) is 5.10 Å². The van der Waals surface area contributed by atoms with Crippen molar-refractivity contribution in [3.05, 3.63) is 83.7 Å². The van der Waals surface area contributed by atoms with Gasteiger partial charge in [0.2, 0.25) is 0 Å². The van der Waals surface area contributed by atoms with Gasteiger partial charge in [0.15, 0.2) is 11.6 Å². The van der Waals surface area contributed by atoms with Crippen molar-refractivity contribution in [3.8, 4) is 16.9 Å². The Morgan fingerprint density at radius 2 is 1.97 bits per heavy atom. The van der Waals surface area contributed by atoms with Crippen LogP contribution in [0.5, 0.6) is 0 Å². The first-order valence-corrected chi connectivity index (χ1v) is 12.3. The van der Waals surface area contributed by atoms with Crippen LogP contribution in [0.1, 0.15) is 23.6 Å². The van der Waals surface area contributed by atoms with Crippen molar-refractivity contribution in [1.29, 1.82) is 0 Å². The summed E-state index contributed by atoms with van der Waals surface area (Å²) in [5.74, 6) is -1.48. The average molecular weight is 522 g/mol. The zero-order valence-electron chi connectivity index (χ0n) is 21.0. The average Bonchev–Trinajstić information content (AvgIpc) is 3.62. The van der Waals surface area contributed by atoms with E-state index in [9.17, 15) is 18.7 Å². The number of aryl methyl sites for hydroxylation is 1. The van der Waals surface area contributed by atoms with E-state index in [0.717, 1.165) is 28.9 Å². The van der Waals surface area contributed by atoms with E-state index in [1.165, 1.54) is 6.07 Å². The molecule has 9 nitrogen and oxygen atoms in total. The third-order valence-electron chi connectivity index (χ3n) is 6.86. The Kier molecular flexibility index (Phi) is 7.21. The van der Waals surface area contributed by atoms with Crippen LogP contribution >= 0.6 is 0 Å². The molecule has 4 N–H and O–H groups in total. The predicted molar refractivity (Wildman–Crippen MR) is 139 cm³/mol. The first kappa shape index (κ1) is 25.6. The van der Waals surface area contributed by atoms with Crippen LogP contribution in [0, 0.1) is 24.5 Å².